The van der Waals surface area contributed by atoms with E-state index in [4.69, 9.17) is 11.6 Å². The molecule has 4 heteroatoms. The molecule has 0 N–H and O–H groups in total. The van der Waals surface area contributed by atoms with Gasteiger partial charge < -0.3 is 4.90 Å². The monoisotopic (exact) mass is 237 g/mol. The van der Waals surface area contributed by atoms with E-state index >= 15 is 0 Å². The van der Waals surface area contributed by atoms with Gasteiger partial charge >= 0.3 is 0 Å². The number of rotatable bonds is 7. The first-order valence-corrected chi connectivity index (χ1v) is 6.90. The summed E-state index contributed by atoms with van der Waals surface area (Å²) in [5.74, 6) is 1.78. The zero-order valence-electron chi connectivity index (χ0n) is 9.25. The first kappa shape index (κ1) is 14.1. The van der Waals surface area contributed by atoms with Crippen molar-refractivity contribution in [1.29, 1.82) is 0 Å². The molecular formula is C10H20ClNOS. The van der Waals surface area contributed by atoms with Gasteiger partial charge in [0.15, 0.2) is 0 Å². The van der Waals surface area contributed by atoms with Crippen molar-refractivity contribution in [3.05, 3.63) is 0 Å². The Labute approximate surface area is 96.4 Å². The van der Waals surface area contributed by atoms with E-state index in [1.165, 1.54) is 0 Å². The molecule has 0 spiro atoms. The highest BCUT2D eigenvalue weighted by Gasteiger charge is 2.15. The number of nitrogens with zero attached hydrogens (tertiary/aromatic N) is 1. The average molecular weight is 238 g/mol. The van der Waals surface area contributed by atoms with Crippen LogP contribution in [0.3, 0.4) is 0 Å². The van der Waals surface area contributed by atoms with E-state index in [2.05, 4.69) is 0 Å². The molecule has 84 valence electrons. The second-order valence-electron chi connectivity index (χ2n) is 3.47. The normalized spacial score (nSPS) is 10.6. The number of hydrogen-bond acceptors (Lipinski definition) is 2. The largest absolute Gasteiger partial charge is 0.340 e. The quantitative estimate of drug-likeness (QED) is 0.635. The molecule has 0 aliphatic heterocycles. The topological polar surface area (TPSA) is 20.3 Å². The van der Waals surface area contributed by atoms with Crippen LogP contribution < -0.4 is 0 Å². The Morgan fingerprint density at radius 3 is 2.57 bits per heavy atom. The number of carbonyl (C=O) groups excluding carboxylic acids is 1. The molecule has 0 aromatic carbocycles. The van der Waals surface area contributed by atoms with E-state index in [1.807, 2.05) is 25.0 Å². The fourth-order valence-electron chi connectivity index (χ4n) is 1.23. The summed E-state index contributed by atoms with van der Waals surface area (Å²) >= 11 is 7.33. The first-order valence-electron chi connectivity index (χ1n) is 4.97. The lowest BCUT2D eigenvalue weighted by atomic mass is 10.2. The molecule has 0 saturated heterocycles. The molecule has 14 heavy (non-hydrogen) atoms. The molecule has 0 heterocycles. The van der Waals surface area contributed by atoms with E-state index in [-0.39, 0.29) is 11.9 Å². The van der Waals surface area contributed by atoms with Crippen LogP contribution in [0.1, 0.15) is 26.7 Å². The van der Waals surface area contributed by atoms with Gasteiger partial charge in [-0.1, -0.05) is 0 Å². The van der Waals surface area contributed by atoms with Crippen molar-refractivity contribution in [2.75, 3.05) is 24.4 Å². The maximum atomic E-state index is 11.7. The highest BCUT2D eigenvalue weighted by Crippen LogP contribution is 2.06. The summed E-state index contributed by atoms with van der Waals surface area (Å²) < 4.78 is 0. The summed E-state index contributed by atoms with van der Waals surface area (Å²) in [4.78, 5) is 13.6. The summed E-state index contributed by atoms with van der Waals surface area (Å²) in [6, 6.07) is 0.285. The van der Waals surface area contributed by atoms with Crippen LogP contribution in [0.25, 0.3) is 0 Å². The van der Waals surface area contributed by atoms with Gasteiger partial charge in [0.1, 0.15) is 0 Å². The highest BCUT2D eigenvalue weighted by atomic mass is 35.5. The molecule has 1 amide bonds. The number of hydrogen-bond donors (Lipinski definition) is 0. The van der Waals surface area contributed by atoms with Crippen LogP contribution in [0, 0.1) is 0 Å². The third kappa shape index (κ3) is 5.76. The minimum absolute atomic E-state index is 0.250. The summed E-state index contributed by atoms with van der Waals surface area (Å²) in [7, 11) is 0. The van der Waals surface area contributed by atoms with Crippen LogP contribution in [0.2, 0.25) is 0 Å². The lowest BCUT2D eigenvalue weighted by Gasteiger charge is -2.26. The van der Waals surface area contributed by atoms with Crippen LogP contribution in [0.5, 0.6) is 0 Å². The van der Waals surface area contributed by atoms with E-state index < -0.39 is 0 Å². The Morgan fingerprint density at radius 1 is 1.50 bits per heavy atom. The van der Waals surface area contributed by atoms with E-state index in [1.54, 1.807) is 11.8 Å². The molecule has 0 bridgehead atoms. The maximum Gasteiger partial charge on any atom is 0.223 e. The van der Waals surface area contributed by atoms with E-state index in [9.17, 15) is 4.79 Å². The summed E-state index contributed by atoms with van der Waals surface area (Å²) in [6.07, 6.45) is 3.54. The SMILES string of the molecule is CSCCC(=O)N(CCCCl)C(C)C. The third-order valence-electron chi connectivity index (χ3n) is 2.00. The number of alkyl halides is 1. The van der Waals surface area contributed by atoms with Crippen LogP contribution >= 0.6 is 23.4 Å². The summed E-state index contributed by atoms with van der Waals surface area (Å²) in [5.41, 5.74) is 0. The zero-order chi connectivity index (χ0) is 11.0. The van der Waals surface area contributed by atoms with Gasteiger partial charge in [-0.05, 0) is 26.5 Å². The van der Waals surface area contributed by atoms with Crippen molar-refractivity contribution in [3.63, 3.8) is 0 Å². The van der Waals surface area contributed by atoms with E-state index in [0.29, 0.717) is 12.3 Å². The predicted octanol–water partition coefficient (Wildman–Crippen LogP) is 2.61. The Balaban J connectivity index is 3.98. The van der Waals surface area contributed by atoms with Crippen LogP contribution in [0.4, 0.5) is 0 Å². The van der Waals surface area contributed by atoms with Gasteiger partial charge in [0, 0.05) is 30.6 Å². The van der Waals surface area contributed by atoms with Gasteiger partial charge in [-0.25, -0.2) is 0 Å². The van der Waals surface area contributed by atoms with Crippen molar-refractivity contribution in [3.8, 4) is 0 Å². The van der Waals surface area contributed by atoms with Crippen molar-refractivity contribution in [1.82, 2.24) is 4.90 Å². The molecule has 0 atom stereocenters. The molecule has 0 aromatic rings. The van der Waals surface area contributed by atoms with Crippen LogP contribution in [0.15, 0.2) is 0 Å². The molecule has 0 fully saturated rings. The third-order valence-corrected chi connectivity index (χ3v) is 2.88. The first-order chi connectivity index (χ1) is 6.63. The molecule has 0 rings (SSSR count). The molecule has 2 nitrogen and oxygen atoms in total. The Hall–Kier alpha value is 0.110. The lowest BCUT2D eigenvalue weighted by molar-refractivity contribution is -0.132. The van der Waals surface area contributed by atoms with Gasteiger partial charge in [0.2, 0.25) is 5.91 Å². The van der Waals surface area contributed by atoms with Gasteiger partial charge in [0.25, 0.3) is 0 Å². The number of halogens is 1. The van der Waals surface area contributed by atoms with Crippen molar-refractivity contribution in [2.24, 2.45) is 0 Å². The van der Waals surface area contributed by atoms with Gasteiger partial charge in [-0.3, -0.25) is 4.79 Å². The predicted molar refractivity (Wildman–Crippen MR) is 65.2 cm³/mol. The maximum absolute atomic E-state index is 11.7. The Bertz CT molecular complexity index is 164. The van der Waals surface area contributed by atoms with Crippen LogP contribution in [-0.4, -0.2) is 41.3 Å². The Kier molecular flexibility index (Phi) is 8.49. The number of carbonyl (C=O) groups is 1. The number of amides is 1. The average Bonchev–Trinajstić information content (AvgIpc) is 2.14. The second kappa shape index (κ2) is 8.42. The highest BCUT2D eigenvalue weighted by molar-refractivity contribution is 7.98. The van der Waals surface area contributed by atoms with Gasteiger partial charge in [0.05, 0.1) is 0 Å². The Morgan fingerprint density at radius 2 is 2.14 bits per heavy atom. The van der Waals surface area contributed by atoms with Crippen LogP contribution in [-0.2, 0) is 4.79 Å². The molecule has 0 unspecified atom stereocenters. The van der Waals surface area contributed by atoms with Crippen molar-refractivity contribution in [2.45, 2.75) is 32.7 Å². The van der Waals surface area contributed by atoms with Gasteiger partial charge in [-0.15, -0.1) is 11.6 Å². The summed E-state index contributed by atoms with van der Waals surface area (Å²) in [5, 5.41) is 0. The minimum Gasteiger partial charge on any atom is -0.340 e. The van der Waals surface area contributed by atoms with E-state index in [0.717, 1.165) is 18.7 Å². The molecule has 0 radical (unpaired) electrons. The second-order valence-corrected chi connectivity index (χ2v) is 4.83. The molecule has 0 aliphatic carbocycles. The smallest absolute Gasteiger partial charge is 0.223 e. The van der Waals surface area contributed by atoms with Crippen molar-refractivity contribution >= 4 is 29.3 Å². The van der Waals surface area contributed by atoms with Crippen molar-refractivity contribution < 1.29 is 4.79 Å². The standard InChI is InChI=1S/C10H20ClNOS/c1-9(2)12(7-4-6-11)10(13)5-8-14-3/h9H,4-8H2,1-3H3. The minimum atomic E-state index is 0.250. The van der Waals surface area contributed by atoms with Gasteiger partial charge in [-0.2, -0.15) is 11.8 Å². The lowest BCUT2D eigenvalue weighted by Crippen LogP contribution is -2.38. The fourth-order valence-corrected chi connectivity index (χ4v) is 1.73. The molecule has 0 aliphatic rings. The molecular weight excluding hydrogens is 218 g/mol. The molecule has 0 saturated carbocycles. The zero-order valence-corrected chi connectivity index (χ0v) is 10.8. The number of thioether (sulfide) groups is 1. The fraction of sp³-hybridized carbons (Fsp3) is 0.900. The summed E-state index contributed by atoms with van der Waals surface area (Å²) in [6.45, 7) is 4.88. The molecule has 0 aromatic heterocycles.